The lowest BCUT2D eigenvalue weighted by Crippen LogP contribution is -2.49. The van der Waals surface area contributed by atoms with Crippen LogP contribution in [-0.4, -0.2) is 77.1 Å². The molecule has 3 aliphatic heterocycles. The minimum Gasteiger partial charge on any atom is -0.337 e. The summed E-state index contributed by atoms with van der Waals surface area (Å²) in [5, 5.41) is 0. The van der Waals surface area contributed by atoms with Crippen molar-refractivity contribution in [3.8, 4) is 0 Å². The summed E-state index contributed by atoms with van der Waals surface area (Å²) in [5.41, 5.74) is 0. The Morgan fingerprint density at radius 2 is 1.96 bits per heavy atom. The second-order valence-corrected chi connectivity index (χ2v) is 7.75. The summed E-state index contributed by atoms with van der Waals surface area (Å²) in [6.07, 6.45) is 5.58. The number of urea groups is 1. The third kappa shape index (κ3) is 3.83. The predicted molar refractivity (Wildman–Crippen MR) is 93.8 cm³/mol. The van der Waals surface area contributed by atoms with E-state index in [0.29, 0.717) is 18.2 Å². The van der Waals surface area contributed by atoms with Gasteiger partial charge in [-0.2, -0.15) is 0 Å². The highest BCUT2D eigenvalue weighted by molar-refractivity contribution is 8.00. The zero-order valence-corrected chi connectivity index (χ0v) is 15.0. The van der Waals surface area contributed by atoms with Crippen LogP contribution in [0, 0.1) is 5.92 Å². The molecule has 1 aromatic rings. The zero-order chi connectivity index (χ0) is 17.1. The molecule has 0 radical (unpaired) electrons. The van der Waals surface area contributed by atoms with Gasteiger partial charge in [0.15, 0.2) is 0 Å². The van der Waals surface area contributed by atoms with E-state index in [0.717, 1.165) is 30.8 Å². The Kier molecular flexibility index (Phi) is 5.28. The molecule has 2 atom stereocenters. The van der Waals surface area contributed by atoms with Gasteiger partial charge in [-0.1, -0.05) is 0 Å². The lowest BCUT2D eigenvalue weighted by atomic mass is 9.95. The topological polar surface area (TPSA) is 56.8 Å². The van der Waals surface area contributed by atoms with Crippen LogP contribution in [0.5, 0.6) is 0 Å². The second-order valence-electron chi connectivity index (χ2n) is 6.70. The van der Waals surface area contributed by atoms with Crippen LogP contribution in [0.3, 0.4) is 0 Å². The van der Waals surface area contributed by atoms with E-state index in [4.69, 9.17) is 0 Å². The fourth-order valence-corrected chi connectivity index (χ4v) is 4.26. The SMILES string of the molecule is CN(C)C(=O)N1C[C@H]2CC[C@@H](C1)N(C(=O)CSc1ccncc1)C2. The van der Waals surface area contributed by atoms with E-state index in [9.17, 15) is 9.59 Å². The van der Waals surface area contributed by atoms with Gasteiger partial charge in [-0.15, -0.1) is 11.8 Å². The maximum absolute atomic E-state index is 12.7. The Labute approximate surface area is 147 Å². The van der Waals surface area contributed by atoms with Crippen molar-refractivity contribution in [2.75, 3.05) is 39.5 Å². The zero-order valence-electron chi connectivity index (χ0n) is 14.2. The number of carbonyl (C=O) groups excluding carboxylic acids is 2. The van der Waals surface area contributed by atoms with Gasteiger partial charge in [0.05, 0.1) is 5.75 Å². The third-order valence-electron chi connectivity index (χ3n) is 4.70. The number of piperidine rings is 1. The summed E-state index contributed by atoms with van der Waals surface area (Å²) in [4.78, 5) is 35.6. The van der Waals surface area contributed by atoms with Crippen LogP contribution >= 0.6 is 11.8 Å². The Balaban J connectivity index is 1.62. The Morgan fingerprint density at radius 3 is 2.67 bits per heavy atom. The average Bonchev–Trinajstić information content (AvgIpc) is 2.91. The van der Waals surface area contributed by atoms with Gasteiger partial charge < -0.3 is 14.7 Å². The van der Waals surface area contributed by atoms with Crippen LogP contribution in [0.1, 0.15) is 12.8 Å². The first-order chi connectivity index (χ1) is 11.5. The number of thioether (sulfide) groups is 1. The Bertz CT molecular complexity index is 596. The quantitative estimate of drug-likeness (QED) is 0.782. The molecule has 3 amide bonds. The molecule has 0 aliphatic carbocycles. The van der Waals surface area contributed by atoms with Gasteiger partial charge in [0.2, 0.25) is 5.91 Å². The molecule has 130 valence electrons. The van der Waals surface area contributed by atoms with E-state index in [-0.39, 0.29) is 18.0 Å². The van der Waals surface area contributed by atoms with Gasteiger partial charge in [-0.05, 0) is 30.9 Å². The number of aromatic nitrogens is 1. The minimum atomic E-state index is 0.0485. The fourth-order valence-electron chi connectivity index (χ4n) is 3.49. The number of pyridine rings is 1. The van der Waals surface area contributed by atoms with Gasteiger partial charge in [0.25, 0.3) is 0 Å². The molecule has 0 N–H and O–H groups in total. The highest BCUT2D eigenvalue weighted by Gasteiger charge is 2.38. The van der Waals surface area contributed by atoms with Gasteiger partial charge >= 0.3 is 6.03 Å². The van der Waals surface area contributed by atoms with E-state index >= 15 is 0 Å². The van der Waals surface area contributed by atoms with Crippen molar-refractivity contribution in [2.45, 2.75) is 23.8 Å². The highest BCUT2D eigenvalue weighted by atomic mass is 32.2. The molecule has 6 nitrogen and oxygen atoms in total. The lowest BCUT2D eigenvalue weighted by molar-refractivity contribution is -0.132. The largest absolute Gasteiger partial charge is 0.337 e. The van der Waals surface area contributed by atoms with Gasteiger partial charge in [0, 0.05) is 57.1 Å². The van der Waals surface area contributed by atoms with Crippen molar-refractivity contribution in [2.24, 2.45) is 5.92 Å². The van der Waals surface area contributed by atoms with E-state index in [1.807, 2.05) is 21.9 Å². The first-order valence-corrected chi connectivity index (χ1v) is 9.31. The smallest absolute Gasteiger partial charge is 0.319 e. The molecule has 1 aromatic heterocycles. The first-order valence-electron chi connectivity index (χ1n) is 8.33. The molecule has 3 saturated heterocycles. The summed E-state index contributed by atoms with van der Waals surface area (Å²) in [5.74, 6) is 1.00. The highest BCUT2D eigenvalue weighted by Crippen LogP contribution is 2.29. The van der Waals surface area contributed by atoms with Crippen LogP contribution in [0.15, 0.2) is 29.4 Å². The fraction of sp³-hybridized carbons (Fsp3) is 0.588. The molecule has 0 spiro atoms. The van der Waals surface area contributed by atoms with Crippen molar-refractivity contribution < 1.29 is 9.59 Å². The summed E-state index contributed by atoms with van der Waals surface area (Å²) < 4.78 is 0. The molecule has 4 heterocycles. The molecular formula is C17H24N4O2S. The van der Waals surface area contributed by atoms with Crippen molar-refractivity contribution in [1.29, 1.82) is 0 Å². The molecule has 3 fully saturated rings. The van der Waals surface area contributed by atoms with Crippen molar-refractivity contribution in [3.63, 3.8) is 0 Å². The van der Waals surface area contributed by atoms with E-state index in [1.165, 1.54) is 0 Å². The molecule has 4 rings (SSSR count). The van der Waals surface area contributed by atoms with Crippen molar-refractivity contribution in [3.05, 3.63) is 24.5 Å². The molecule has 7 heteroatoms. The molecule has 2 bridgehead atoms. The van der Waals surface area contributed by atoms with Crippen molar-refractivity contribution in [1.82, 2.24) is 19.7 Å². The van der Waals surface area contributed by atoms with E-state index in [1.54, 1.807) is 43.2 Å². The average molecular weight is 348 g/mol. The monoisotopic (exact) mass is 348 g/mol. The third-order valence-corrected chi connectivity index (χ3v) is 5.70. The second kappa shape index (κ2) is 7.42. The molecule has 3 aliphatic rings. The van der Waals surface area contributed by atoms with Crippen molar-refractivity contribution >= 4 is 23.7 Å². The normalized spacial score (nSPS) is 23.1. The maximum Gasteiger partial charge on any atom is 0.319 e. The van der Waals surface area contributed by atoms with E-state index in [2.05, 4.69) is 4.98 Å². The summed E-state index contributed by atoms with van der Waals surface area (Å²) >= 11 is 1.55. The number of nitrogens with zero attached hydrogens (tertiary/aromatic N) is 4. The van der Waals surface area contributed by atoms with Gasteiger partial charge in [0.1, 0.15) is 0 Å². The Morgan fingerprint density at radius 1 is 1.21 bits per heavy atom. The van der Waals surface area contributed by atoms with Gasteiger partial charge in [-0.3, -0.25) is 9.78 Å². The van der Waals surface area contributed by atoms with Crippen LogP contribution in [-0.2, 0) is 4.79 Å². The first kappa shape index (κ1) is 17.1. The van der Waals surface area contributed by atoms with Crippen LogP contribution in [0.25, 0.3) is 0 Å². The molecule has 0 unspecified atom stereocenters. The van der Waals surface area contributed by atoms with E-state index < -0.39 is 0 Å². The molecular weight excluding hydrogens is 324 g/mol. The van der Waals surface area contributed by atoms with Crippen LogP contribution in [0.2, 0.25) is 0 Å². The van der Waals surface area contributed by atoms with Gasteiger partial charge in [-0.25, -0.2) is 4.79 Å². The molecule has 0 aromatic carbocycles. The predicted octanol–water partition coefficient (Wildman–Crippen LogP) is 1.78. The number of hydrogen-bond acceptors (Lipinski definition) is 4. The minimum absolute atomic E-state index is 0.0485. The maximum atomic E-state index is 12.7. The lowest BCUT2D eigenvalue weighted by Gasteiger charge is -2.36. The number of hydrogen-bond donors (Lipinski definition) is 0. The van der Waals surface area contributed by atoms with Crippen LogP contribution < -0.4 is 0 Å². The summed E-state index contributed by atoms with van der Waals surface area (Å²) in [7, 11) is 3.56. The Hall–Kier alpha value is -1.76. The van der Waals surface area contributed by atoms with Crippen LogP contribution in [0.4, 0.5) is 4.79 Å². The summed E-state index contributed by atoms with van der Waals surface area (Å²) in [6.45, 7) is 2.19. The number of carbonyl (C=O) groups is 2. The number of fused-ring (bicyclic) bond motifs is 4. The molecule has 24 heavy (non-hydrogen) atoms. The standard InChI is InChI=1S/C17H24N4O2S/c1-19(2)17(23)20-9-13-3-4-14(11-20)21(10-13)16(22)12-24-15-5-7-18-8-6-15/h5-8,13-14H,3-4,9-12H2,1-2H3/t13-,14+/m1/s1. The summed E-state index contributed by atoms with van der Waals surface area (Å²) in [6, 6.07) is 4.04. The molecule has 0 saturated carbocycles. The number of amides is 3. The number of rotatable bonds is 3.